The standard InChI is InChI=1S/C16H19N9O2/c1-10-18-8-22-15(24-10)13(14-20-6-17-7-21-14)16-23-9-19-12(25-16)4-3-11(26)5-27-2/h6-9,11,13,26H,3-5H2,1-2H3. The molecule has 0 bridgehead atoms. The molecule has 0 radical (unpaired) electrons. The predicted octanol–water partition coefficient (Wildman–Crippen LogP) is -0.330. The van der Waals surface area contributed by atoms with Crippen LogP contribution in [0.25, 0.3) is 0 Å². The maximum atomic E-state index is 9.83. The summed E-state index contributed by atoms with van der Waals surface area (Å²) >= 11 is 0. The lowest BCUT2D eigenvalue weighted by Gasteiger charge is -2.13. The summed E-state index contributed by atoms with van der Waals surface area (Å²) in [6.45, 7) is 2.03. The second-order valence-corrected chi connectivity index (χ2v) is 5.73. The molecule has 3 aromatic heterocycles. The Hall–Kier alpha value is -3.05. The number of aryl methyl sites for hydroxylation is 2. The SMILES string of the molecule is COCC(O)CCc1ncnc(C(c2ncncn2)c2ncnc(C)n2)n1. The van der Waals surface area contributed by atoms with Crippen LogP contribution < -0.4 is 0 Å². The molecular formula is C16H19N9O2. The van der Waals surface area contributed by atoms with Crippen molar-refractivity contribution < 1.29 is 9.84 Å². The van der Waals surface area contributed by atoms with E-state index < -0.39 is 12.0 Å². The van der Waals surface area contributed by atoms with E-state index in [1.165, 1.54) is 25.3 Å². The van der Waals surface area contributed by atoms with Crippen LogP contribution in [0.4, 0.5) is 0 Å². The highest BCUT2D eigenvalue weighted by Gasteiger charge is 2.26. The fourth-order valence-electron chi connectivity index (χ4n) is 2.45. The Morgan fingerprint density at radius 3 is 2.26 bits per heavy atom. The van der Waals surface area contributed by atoms with Gasteiger partial charge in [-0.2, -0.15) is 0 Å². The summed E-state index contributed by atoms with van der Waals surface area (Å²) in [5.41, 5.74) is 0. The van der Waals surface area contributed by atoms with Gasteiger partial charge in [0.2, 0.25) is 0 Å². The molecule has 1 N–H and O–H groups in total. The van der Waals surface area contributed by atoms with Crippen LogP contribution in [0, 0.1) is 6.92 Å². The first kappa shape index (κ1) is 18.7. The zero-order chi connectivity index (χ0) is 19.1. The smallest absolute Gasteiger partial charge is 0.150 e. The minimum absolute atomic E-state index is 0.259. The van der Waals surface area contributed by atoms with Crippen molar-refractivity contribution in [3.8, 4) is 0 Å². The number of aliphatic hydroxyl groups excluding tert-OH is 1. The Morgan fingerprint density at radius 1 is 0.889 bits per heavy atom. The summed E-state index contributed by atoms with van der Waals surface area (Å²) in [5, 5.41) is 9.83. The second kappa shape index (κ2) is 9.05. The molecule has 0 spiro atoms. The van der Waals surface area contributed by atoms with E-state index in [9.17, 15) is 5.11 Å². The minimum atomic E-state index is -0.583. The van der Waals surface area contributed by atoms with Crippen molar-refractivity contribution in [2.24, 2.45) is 0 Å². The lowest BCUT2D eigenvalue weighted by molar-refractivity contribution is 0.0592. The van der Waals surface area contributed by atoms with Gasteiger partial charge < -0.3 is 9.84 Å². The maximum absolute atomic E-state index is 9.83. The Morgan fingerprint density at radius 2 is 1.56 bits per heavy atom. The molecular weight excluding hydrogens is 350 g/mol. The topological polar surface area (TPSA) is 145 Å². The summed E-state index contributed by atoms with van der Waals surface area (Å²) in [6.07, 6.45) is 6.00. The minimum Gasteiger partial charge on any atom is -0.391 e. The van der Waals surface area contributed by atoms with Gasteiger partial charge in [-0.3, -0.25) is 0 Å². The molecule has 0 aliphatic heterocycles. The van der Waals surface area contributed by atoms with Crippen LogP contribution in [0.3, 0.4) is 0 Å². The molecule has 0 aromatic carbocycles. The van der Waals surface area contributed by atoms with E-state index in [-0.39, 0.29) is 6.61 Å². The van der Waals surface area contributed by atoms with Crippen molar-refractivity contribution in [3.05, 3.63) is 54.4 Å². The summed E-state index contributed by atoms with van der Waals surface area (Å²) in [4.78, 5) is 37.9. The maximum Gasteiger partial charge on any atom is 0.150 e. The molecule has 0 saturated carbocycles. The third-order valence-electron chi connectivity index (χ3n) is 3.70. The average Bonchev–Trinajstić information content (AvgIpc) is 2.68. The van der Waals surface area contributed by atoms with E-state index in [0.29, 0.717) is 42.0 Å². The number of hydrogen-bond acceptors (Lipinski definition) is 11. The first-order chi connectivity index (χ1) is 13.2. The van der Waals surface area contributed by atoms with Crippen molar-refractivity contribution >= 4 is 0 Å². The van der Waals surface area contributed by atoms with Crippen molar-refractivity contribution in [3.63, 3.8) is 0 Å². The highest BCUT2D eigenvalue weighted by Crippen LogP contribution is 2.23. The van der Waals surface area contributed by atoms with Gasteiger partial charge in [-0.25, -0.2) is 44.9 Å². The third-order valence-corrected chi connectivity index (χ3v) is 3.70. The van der Waals surface area contributed by atoms with Gasteiger partial charge in [0.05, 0.1) is 12.7 Å². The quantitative estimate of drug-likeness (QED) is 0.557. The van der Waals surface area contributed by atoms with Crippen LogP contribution >= 0.6 is 0 Å². The lowest BCUT2D eigenvalue weighted by atomic mass is 10.1. The summed E-state index contributed by atoms with van der Waals surface area (Å²) in [7, 11) is 1.54. The van der Waals surface area contributed by atoms with Gasteiger partial charge in [-0.05, 0) is 13.3 Å². The Kier molecular flexibility index (Phi) is 6.28. The molecule has 140 valence electrons. The molecule has 0 aliphatic rings. The second-order valence-electron chi connectivity index (χ2n) is 5.73. The van der Waals surface area contributed by atoms with E-state index in [0.717, 1.165) is 0 Å². The van der Waals surface area contributed by atoms with Crippen molar-refractivity contribution in [1.82, 2.24) is 44.9 Å². The van der Waals surface area contributed by atoms with E-state index in [1.807, 2.05) is 0 Å². The zero-order valence-corrected chi connectivity index (χ0v) is 15.0. The molecule has 0 amide bonds. The third kappa shape index (κ3) is 4.99. The van der Waals surface area contributed by atoms with E-state index >= 15 is 0 Å². The summed E-state index contributed by atoms with van der Waals surface area (Å²) < 4.78 is 4.93. The highest BCUT2D eigenvalue weighted by molar-refractivity contribution is 5.21. The fourth-order valence-corrected chi connectivity index (χ4v) is 2.45. The van der Waals surface area contributed by atoms with Crippen molar-refractivity contribution in [2.75, 3.05) is 13.7 Å². The van der Waals surface area contributed by atoms with Gasteiger partial charge in [0.15, 0.2) is 11.6 Å². The van der Waals surface area contributed by atoms with Crippen LogP contribution in [0.15, 0.2) is 25.3 Å². The predicted molar refractivity (Wildman–Crippen MR) is 91.4 cm³/mol. The fraction of sp³-hybridized carbons (Fsp3) is 0.438. The van der Waals surface area contributed by atoms with Gasteiger partial charge >= 0.3 is 0 Å². The number of methoxy groups -OCH3 is 1. The van der Waals surface area contributed by atoms with E-state index in [1.54, 1.807) is 14.0 Å². The molecule has 2 unspecified atom stereocenters. The first-order valence-corrected chi connectivity index (χ1v) is 8.29. The zero-order valence-electron chi connectivity index (χ0n) is 15.0. The van der Waals surface area contributed by atoms with Crippen LogP contribution in [0.2, 0.25) is 0 Å². The lowest BCUT2D eigenvalue weighted by Crippen LogP contribution is -2.18. The van der Waals surface area contributed by atoms with Gasteiger partial charge in [-0.1, -0.05) is 0 Å². The molecule has 3 aromatic rings. The molecule has 0 fully saturated rings. The molecule has 11 heteroatoms. The Balaban J connectivity index is 1.92. The van der Waals surface area contributed by atoms with Crippen molar-refractivity contribution in [1.29, 1.82) is 0 Å². The van der Waals surface area contributed by atoms with Gasteiger partial charge in [0.1, 0.15) is 48.7 Å². The van der Waals surface area contributed by atoms with Crippen LogP contribution in [-0.2, 0) is 11.2 Å². The molecule has 3 rings (SSSR count). The Bertz CT molecular complexity index is 865. The number of ether oxygens (including phenoxy) is 1. The number of rotatable bonds is 8. The summed E-state index contributed by atoms with van der Waals surface area (Å²) in [6, 6.07) is 0. The monoisotopic (exact) mass is 369 g/mol. The number of aliphatic hydroxyl groups is 1. The first-order valence-electron chi connectivity index (χ1n) is 8.29. The largest absolute Gasteiger partial charge is 0.391 e. The van der Waals surface area contributed by atoms with E-state index in [4.69, 9.17) is 4.74 Å². The van der Waals surface area contributed by atoms with Gasteiger partial charge in [0.25, 0.3) is 0 Å². The molecule has 27 heavy (non-hydrogen) atoms. The summed E-state index contributed by atoms with van der Waals surface area (Å²) in [5.74, 6) is 1.80. The highest BCUT2D eigenvalue weighted by atomic mass is 16.5. The number of hydrogen-bond donors (Lipinski definition) is 1. The van der Waals surface area contributed by atoms with Crippen LogP contribution in [-0.4, -0.2) is 69.8 Å². The van der Waals surface area contributed by atoms with Gasteiger partial charge in [-0.15, -0.1) is 0 Å². The van der Waals surface area contributed by atoms with Gasteiger partial charge in [0, 0.05) is 13.5 Å². The van der Waals surface area contributed by atoms with Crippen LogP contribution in [0.1, 0.15) is 41.5 Å². The molecule has 0 saturated heterocycles. The van der Waals surface area contributed by atoms with E-state index in [2.05, 4.69) is 44.9 Å². The molecule has 0 aliphatic carbocycles. The van der Waals surface area contributed by atoms with Crippen LogP contribution in [0.5, 0.6) is 0 Å². The van der Waals surface area contributed by atoms with Crippen molar-refractivity contribution in [2.45, 2.75) is 31.8 Å². The normalized spacial score (nSPS) is 13.3. The number of aromatic nitrogens is 9. The Labute approximate surface area is 155 Å². The number of nitrogens with zero attached hydrogens (tertiary/aromatic N) is 9. The average molecular weight is 369 g/mol. The molecule has 11 nitrogen and oxygen atoms in total. The molecule has 2 atom stereocenters. The molecule has 3 heterocycles.